The van der Waals surface area contributed by atoms with Gasteiger partial charge in [-0.05, 0) is 25.3 Å². The first-order valence-corrected chi connectivity index (χ1v) is 9.34. The Bertz CT molecular complexity index is 872. The Labute approximate surface area is 151 Å². The number of thioether (sulfide) groups is 1. The van der Waals surface area contributed by atoms with Gasteiger partial charge in [0.1, 0.15) is 11.1 Å². The third kappa shape index (κ3) is 3.37. The highest BCUT2D eigenvalue weighted by Gasteiger charge is 2.31. The first-order valence-electron chi connectivity index (χ1n) is 8.46. The van der Waals surface area contributed by atoms with E-state index in [0.29, 0.717) is 6.04 Å². The summed E-state index contributed by atoms with van der Waals surface area (Å²) in [4.78, 5) is 13.2. The number of carbonyl (C=O) groups is 1. The Kier molecular flexibility index (Phi) is 4.40. The van der Waals surface area contributed by atoms with Crippen molar-refractivity contribution in [2.24, 2.45) is 0 Å². The smallest absolute Gasteiger partial charge is 0.192 e. The summed E-state index contributed by atoms with van der Waals surface area (Å²) in [6, 6.07) is 19.9. The van der Waals surface area contributed by atoms with E-state index in [0.717, 1.165) is 34.9 Å². The highest BCUT2D eigenvalue weighted by atomic mass is 32.2. The van der Waals surface area contributed by atoms with Crippen LogP contribution in [0.1, 0.15) is 45.9 Å². The molecule has 0 saturated heterocycles. The predicted molar refractivity (Wildman–Crippen MR) is 98.8 cm³/mol. The van der Waals surface area contributed by atoms with E-state index < -0.39 is 0 Å². The molecule has 1 heterocycles. The Morgan fingerprint density at radius 1 is 1.04 bits per heavy atom. The molecule has 0 amide bonds. The van der Waals surface area contributed by atoms with Gasteiger partial charge in [0.25, 0.3) is 0 Å². The summed E-state index contributed by atoms with van der Waals surface area (Å²) in [5.74, 6) is 1.02. The number of aryl methyl sites for hydroxylation is 1. The molecule has 4 nitrogen and oxygen atoms in total. The summed E-state index contributed by atoms with van der Waals surface area (Å²) < 4.78 is 2.18. The van der Waals surface area contributed by atoms with Crippen LogP contribution >= 0.6 is 11.8 Å². The lowest BCUT2D eigenvalue weighted by molar-refractivity contribution is 0.0989. The molecule has 5 heteroatoms. The molecule has 1 aromatic heterocycles. The molecule has 1 saturated carbocycles. The molecule has 3 aromatic rings. The van der Waals surface area contributed by atoms with Crippen LogP contribution in [0, 0.1) is 6.92 Å². The van der Waals surface area contributed by atoms with Gasteiger partial charge in [-0.2, -0.15) is 0 Å². The average Bonchev–Trinajstić information content (AvgIpc) is 3.43. The van der Waals surface area contributed by atoms with E-state index in [4.69, 9.17) is 0 Å². The summed E-state index contributed by atoms with van der Waals surface area (Å²) in [6.45, 7) is 1.98. The summed E-state index contributed by atoms with van der Waals surface area (Å²) in [6.07, 6.45) is 2.32. The lowest BCUT2D eigenvalue weighted by atomic mass is 10.0. The average molecular weight is 349 g/mol. The largest absolute Gasteiger partial charge is 0.303 e. The zero-order chi connectivity index (χ0) is 17.2. The van der Waals surface area contributed by atoms with Crippen molar-refractivity contribution < 1.29 is 4.79 Å². The van der Waals surface area contributed by atoms with Gasteiger partial charge in [0.05, 0.1) is 0 Å². The molecular weight excluding hydrogens is 330 g/mol. The van der Waals surface area contributed by atoms with Crippen LogP contribution in [0.25, 0.3) is 0 Å². The molecule has 25 heavy (non-hydrogen) atoms. The molecule has 1 unspecified atom stereocenters. The Balaban J connectivity index is 1.70. The topological polar surface area (TPSA) is 47.8 Å². The van der Waals surface area contributed by atoms with E-state index in [1.165, 1.54) is 11.8 Å². The second-order valence-corrected chi connectivity index (χ2v) is 7.34. The van der Waals surface area contributed by atoms with Gasteiger partial charge in [0.2, 0.25) is 0 Å². The number of ketones is 1. The molecule has 1 atom stereocenters. The maximum Gasteiger partial charge on any atom is 0.192 e. The van der Waals surface area contributed by atoms with E-state index in [-0.39, 0.29) is 11.0 Å². The van der Waals surface area contributed by atoms with Crippen molar-refractivity contribution in [3.05, 3.63) is 77.6 Å². The second-order valence-electron chi connectivity index (χ2n) is 6.27. The Morgan fingerprint density at radius 3 is 2.32 bits per heavy atom. The monoisotopic (exact) mass is 349 g/mol. The van der Waals surface area contributed by atoms with Crippen LogP contribution < -0.4 is 0 Å². The number of nitrogens with zero attached hydrogens (tertiary/aromatic N) is 3. The van der Waals surface area contributed by atoms with Crippen molar-refractivity contribution in [3.8, 4) is 0 Å². The number of rotatable bonds is 6. The molecule has 1 aliphatic carbocycles. The van der Waals surface area contributed by atoms with Crippen molar-refractivity contribution in [2.45, 2.75) is 36.2 Å². The maximum atomic E-state index is 13.2. The Morgan fingerprint density at radius 2 is 1.68 bits per heavy atom. The second kappa shape index (κ2) is 6.84. The number of benzene rings is 2. The third-order valence-electron chi connectivity index (χ3n) is 4.37. The normalized spacial score (nSPS) is 15.1. The molecule has 4 rings (SSSR count). The molecule has 0 aliphatic heterocycles. The number of hydrogen-bond donors (Lipinski definition) is 0. The molecular formula is C20H19N3OS. The van der Waals surface area contributed by atoms with E-state index >= 15 is 0 Å². The van der Waals surface area contributed by atoms with Crippen LogP contribution in [-0.2, 0) is 0 Å². The zero-order valence-electron chi connectivity index (χ0n) is 14.0. The number of Topliss-reactive ketones (excluding diaryl/α,β-unsaturated/α-hetero) is 1. The van der Waals surface area contributed by atoms with Crippen molar-refractivity contribution in [1.82, 2.24) is 14.8 Å². The van der Waals surface area contributed by atoms with Gasteiger partial charge in [-0.3, -0.25) is 4.79 Å². The van der Waals surface area contributed by atoms with Gasteiger partial charge in [-0.25, -0.2) is 0 Å². The molecule has 126 valence electrons. The molecule has 2 aromatic carbocycles. The summed E-state index contributed by atoms with van der Waals surface area (Å²) in [5.41, 5.74) is 1.71. The fraction of sp³-hybridized carbons (Fsp3) is 0.250. The van der Waals surface area contributed by atoms with Gasteiger partial charge in [-0.15, -0.1) is 10.2 Å². The minimum absolute atomic E-state index is 0.0970. The first kappa shape index (κ1) is 16.1. The highest BCUT2D eigenvalue weighted by molar-refractivity contribution is 8.00. The van der Waals surface area contributed by atoms with Crippen LogP contribution in [-0.4, -0.2) is 20.5 Å². The van der Waals surface area contributed by atoms with Gasteiger partial charge in [0, 0.05) is 11.6 Å². The number of hydrogen-bond acceptors (Lipinski definition) is 4. The minimum Gasteiger partial charge on any atom is -0.303 e. The molecule has 0 bridgehead atoms. The zero-order valence-corrected chi connectivity index (χ0v) is 14.8. The lowest BCUT2D eigenvalue weighted by Crippen LogP contribution is -2.11. The predicted octanol–water partition coefficient (Wildman–Crippen LogP) is 4.64. The van der Waals surface area contributed by atoms with Crippen LogP contribution in [0.3, 0.4) is 0 Å². The summed E-state index contributed by atoms with van der Waals surface area (Å²) >= 11 is 1.50. The van der Waals surface area contributed by atoms with Crippen LogP contribution in [0.5, 0.6) is 0 Å². The van der Waals surface area contributed by atoms with Gasteiger partial charge in [0.15, 0.2) is 10.9 Å². The quantitative estimate of drug-likeness (QED) is 0.480. The van der Waals surface area contributed by atoms with Crippen molar-refractivity contribution in [2.75, 3.05) is 0 Å². The third-order valence-corrected chi connectivity index (χ3v) is 5.58. The molecule has 0 N–H and O–H groups in total. The highest BCUT2D eigenvalue weighted by Crippen LogP contribution is 2.43. The van der Waals surface area contributed by atoms with Crippen LogP contribution in [0.2, 0.25) is 0 Å². The van der Waals surface area contributed by atoms with Gasteiger partial charge < -0.3 is 4.57 Å². The lowest BCUT2D eigenvalue weighted by Gasteiger charge is -2.16. The summed E-state index contributed by atoms with van der Waals surface area (Å²) in [7, 11) is 0. The first-order chi connectivity index (χ1) is 12.2. The SMILES string of the molecule is Cc1nnc(SC(C(=O)c2ccccc2)c2ccccc2)n1C1CC1. The van der Waals surface area contributed by atoms with Gasteiger partial charge >= 0.3 is 0 Å². The molecule has 0 spiro atoms. The molecule has 1 aliphatic rings. The van der Waals surface area contributed by atoms with E-state index in [1.54, 1.807) is 0 Å². The van der Waals surface area contributed by atoms with Gasteiger partial charge in [-0.1, -0.05) is 72.4 Å². The van der Waals surface area contributed by atoms with E-state index in [9.17, 15) is 4.79 Å². The van der Waals surface area contributed by atoms with Crippen LogP contribution in [0.4, 0.5) is 0 Å². The number of carbonyl (C=O) groups excluding carboxylic acids is 1. The molecule has 0 radical (unpaired) electrons. The summed E-state index contributed by atoms with van der Waals surface area (Å²) in [5, 5.41) is 9.08. The standard InChI is InChI=1S/C20H19N3OS/c1-14-21-22-20(23(14)17-12-13-17)25-19(16-10-6-3-7-11-16)18(24)15-8-4-2-5-9-15/h2-11,17,19H,12-13H2,1H3. The van der Waals surface area contributed by atoms with Crippen LogP contribution in [0.15, 0.2) is 65.8 Å². The number of aromatic nitrogens is 3. The molecule has 1 fully saturated rings. The fourth-order valence-electron chi connectivity index (χ4n) is 2.94. The minimum atomic E-state index is -0.329. The van der Waals surface area contributed by atoms with E-state index in [1.807, 2.05) is 67.6 Å². The van der Waals surface area contributed by atoms with Crippen molar-refractivity contribution in [3.63, 3.8) is 0 Å². The Hall–Kier alpha value is -2.40. The van der Waals surface area contributed by atoms with Crippen molar-refractivity contribution in [1.29, 1.82) is 0 Å². The van der Waals surface area contributed by atoms with Crippen molar-refractivity contribution >= 4 is 17.5 Å². The fourth-order valence-corrected chi connectivity index (χ4v) is 4.17. The maximum absolute atomic E-state index is 13.2. The van der Waals surface area contributed by atoms with E-state index in [2.05, 4.69) is 14.8 Å².